The molecular weight excluding hydrogens is 302 g/mol. The average molecular weight is 322 g/mol. The van der Waals surface area contributed by atoms with E-state index in [1.807, 2.05) is 23.7 Å². The van der Waals surface area contributed by atoms with Crippen LogP contribution in [-0.2, 0) is 12.5 Å². The van der Waals surface area contributed by atoms with Gasteiger partial charge in [-0.2, -0.15) is 0 Å². The van der Waals surface area contributed by atoms with Crippen molar-refractivity contribution >= 4 is 21.7 Å². The van der Waals surface area contributed by atoms with Crippen LogP contribution in [0.4, 0.5) is 5.82 Å². The number of nitrogen functional groups attached to an aromatic ring is 1. The minimum absolute atomic E-state index is 0.0223. The summed E-state index contributed by atoms with van der Waals surface area (Å²) in [4.78, 5) is 4.74. The maximum atomic E-state index is 6.21. The molecule has 0 spiro atoms. The summed E-state index contributed by atoms with van der Waals surface area (Å²) in [6.45, 7) is 8.50. The molecule has 0 fully saturated rings. The lowest BCUT2D eigenvalue weighted by Crippen LogP contribution is -2.17. The second-order valence-electron chi connectivity index (χ2n) is 5.94. The Morgan fingerprint density at radius 3 is 2.37 bits per heavy atom. The first-order valence-corrected chi connectivity index (χ1v) is 7.10. The van der Waals surface area contributed by atoms with Crippen LogP contribution in [0.25, 0.3) is 11.3 Å². The third-order valence-corrected chi connectivity index (χ3v) is 4.13. The van der Waals surface area contributed by atoms with E-state index >= 15 is 0 Å². The van der Waals surface area contributed by atoms with Gasteiger partial charge in [0.05, 0.1) is 0 Å². The molecule has 0 unspecified atom stereocenters. The molecule has 0 bridgehead atoms. The Balaban J connectivity index is 2.60. The van der Waals surface area contributed by atoms with E-state index in [2.05, 4.69) is 49.7 Å². The Hall–Kier alpha value is -1.29. The van der Waals surface area contributed by atoms with E-state index in [1.54, 1.807) is 0 Å². The number of imidazole rings is 1. The number of hydrogen-bond donors (Lipinski definition) is 1. The van der Waals surface area contributed by atoms with E-state index in [0.717, 1.165) is 21.6 Å². The first-order chi connectivity index (χ1) is 8.71. The summed E-state index contributed by atoms with van der Waals surface area (Å²) in [5.74, 6) is 1.72. The Labute approximate surface area is 123 Å². The highest BCUT2D eigenvalue weighted by molar-refractivity contribution is 9.10. The Kier molecular flexibility index (Phi) is 3.47. The van der Waals surface area contributed by atoms with Crippen molar-refractivity contribution in [1.29, 1.82) is 0 Å². The fourth-order valence-corrected chi connectivity index (χ4v) is 2.43. The largest absolute Gasteiger partial charge is 0.383 e. The van der Waals surface area contributed by atoms with Crippen molar-refractivity contribution in [2.45, 2.75) is 33.1 Å². The number of nitrogens with zero attached hydrogens (tertiary/aromatic N) is 2. The summed E-state index contributed by atoms with van der Waals surface area (Å²) in [6.07, 6.45) is 0. The number of hydrogen-bond acceptors (Lipinski definition) is 2. The molecule has 0 amide bonds. The van der Waals surface area contributed by atoms with Crippen LogP contribution in [0.5, 0.6) is 0 Å². The quantitative estimate of drug-likeness (QED) is 0.861. The standard InChI is InChI=1S/C15H20BrN3/c1-9-8-10(6-7-11(9)16)12-13(17)19(5)14(18-12)15(2,3)4/h6-8H,17H2,1-5H3. The molecule has 1 heterocycles. The number of aromatic nitrogens is 2. The first kappa shape index (κ1) is 14.1. The topological polar surface area (TPSA) is 43.8 Å². The van der Waals surface area contributed by atoms with Gasteiger partial charge in [-0.05, 0) is 24.6 Å². The van der Waals surface area contributed by atoms with Gasteiger partial charge in [0.25, 0.3) is 0 Å². The molecule has 0 saturated heterocycles. The molecule has 2 aromatic rings. The number of rotatable bonds is 1. The van der Waals surface area contributed by atoms with Gasteiger partial charge in [-0.15, -0.1) is 0 Å². The van der Waals surface area contributed by atoms with Crippen molar-refractivity contribution in [1.82, 2.24) is 9.55 Å². The number of aryl methyl sites for hydroxylation is 1. The van der Waals surface area contributed by atoms with Crippen molar-refractivity contribution in [2.24, 2.45) is 7.05 Å². The molecule has 102 valence electrons. The lowest BCUT2D eigenvalue weighted by molar-refractivity contribution is 0.524. The predicted octanol–water partition coefficient (Wildman–Crippen LogP) is 4.04. The van der Waals surface area contributed by atoms with E-state index in [1.165, 1.54) is 5.56 Å². The summed E-state index contributed by atoms with van der Waals surface area (Å²) < 4.78 is 3.08. The number of anilines is 1. The van der Waals surface area contributed by atoms with Gasteiger partial charge in [0.2, 0.25) is 0 Å². The van der Waals surface area contributed by atoms with Crippen molar-refractivity contribution in [3.05, 3.63) is 34.1 Å². The zero-order valence-electron chi connectivity index (χ0n) is 12.1. The lowest BCUT2D eigenvalue weighted by atomic mass is 9.96. The van der Waals surface area contributed by atoms with Gasteiger partial charge in [-0.25, -0.2) is 4.98 Å². The summed E-state index contributed by atoms with van der Waals surface area (Å²) in [5, 5.41) is 0. The molecule has 0 saturated carbocycles. The molecular formula is C15H20BrN3. The van der Waals surface area contributed by atoms with E-state index in [-0.39, 0.29) is 5.41 Å². The third-order valence-electron chi connectivity index (χ3n) is 3.24. The van der Waals surface area contributed by atoms with Crippen LogP contribution >= 0.6 is 15.9 Å². The van der Waals surface area contributed by atoms with Crippen LogP contribution in [0, 0.1) is 6.92 Å². The number of halogens is 1. The minimum atomic E-state index is -0.0223. The highest BCUT2D eigenvalue weighted by Gasteiger charge is 2.23. The van der Waals surface area contributed by atoms with Crippen molar-refractivity contribution in [2.75, 3.05) is 5.73 Å². The van der Waals surface area contributed by atoms with E-state index in [9.17, 15) is 0 Å². The number of nitrogens with two attached hydrogens (primary N) is 1. The average Bonchev–Trinajstić information content (AvgIpc) is 2.60. The normalized spacial score (nSPS) is 11.9. The van der Waals surface area contributed by atoms with E-state index < -0.39 is 0 Å². The fourth-order valence-electron chi connectivity index (χ4n) is 2.19. The van der Waals surface area contributed by atoms with Gasteiger partial charge in [-0.3, -0.25) is 0 Å². The Morgan fingerprint density at radius 2 is 1.89 bits per heavy atom. The van der Waals surface area contributed by atoms with Gasteiger partial charge in [0, 0.05) is 22.5 Å². The molecule has 1 aromatic heterocycles. The van der Waals surface area contributed by atoms with Crippen molar-refractivity contribution in [3.8, 4) is 11.3 Å². The van der Waals surface area contributed by atoms with Crippen LogP contribution in [-0.4, -0.2) is 9.55 Å². The maximum Gasteiger partial charge on any atom is 0.131 e. The monoisotopic (exact) mass is 321 g/mol. The van der Waals surface area contributed by atoms with E-state index in [0.29, 0.717) is 5.82 Å². The molecule has 0 aliphatic carbocycles. The molecule has 3 nitrogen and oxygen atoms in total. The van der Waals surface area contributed by atoms with Crippen LogP contribution in [0.3, 0.4) is 0 Å². The zero-order valence-corrected chi connectivity index (χ0v) is 13.7. The molecule has 1 aromatic carbocycles. The first-order valence-electron chi connectivity index (χ1n) is 6.31. The van der Waals surface area contributed by atoms with Gasteiger partial charge >= 0.3 is 0 Å². The molecule has 0 atom stereocenters. The van der Waals surface area contributed by atoms with Crippen molar-refractivity contribution in [3.63, 3.8) is 0 Å². The van der Waals surface area contributed by atoms with Crippen LogP contribution in [0.15, 0.2) is 22.7 Å². The number of benzene rings is 1. The fraction of sp³-hybridized carbons (Fsp3) is 0.400. The highest BCUT2D eigenvalue weighted by Crippen LogP contribution is 2.32. The molecule has 0 aliphatic rings. The highest BCUT2D eigenvalue weighted by atomic mass is 79.9. The third kappa shape index (κ3) is 2.54. The second-order valence-corrected chi connectivity index (χ2v) is 6.80. The molecule has 0 aliphatic heterocycles. The van der Waals surface area contributed by atoms with Gasteiger partial charge in [0.1, 0.15) is 17.3 Å². The van der Waals surface area contributed by atoms with Crippen LogP contribution < -0.4 is 5.73 Å². The zero-order chi connectivity index (χ0) is 14.4. The Bertz CT molecular complexity index is 621. The molecule has 0 radical (unpaired) electrons. The lowest BCUT2D eigenvalue weighted by Gasteiger charge is -2.17. The summed E-state index contributed by atoms with van der Waals surface area (Å²) in [7, 11) is 1.97. The molecule has 2 rings (SSSR count). The molecule has 4 heteroatoms. The Morgan fingerprint density at radius 1 is 1.26 bits per heavy atom. The van der Waals surface area contributed by atoms with Crippen molar-refractivity contribution < 1.29 is 0 Å². The van der Waals surface area contributed by atoms with Crippen LogP contribution in [0.2, 0.25) is 0 Å². The maximum absolute atomic E-state index is 6.21. The molecule has 2 N–H and O–H groups in total. The smallest absolute Gasteiger partial charge is 0.131 e. The van der Waals surface area contributed by atoms with Gasteiger partial charge in [-0.1, -0.05) is 42.8 Å². The second kappa shape index (κ2) is 4.67. The molecule has 19 heavy (non-hydrogen) atoms. The van der Waals surface area contributed by atoms with Gasteiger partial charge < -0.3 is 10.3 Å². The summed E-state index contributed by atoms with van der Waals surface area (Å²) in [5.41, 5.74) is 9.29. The minimum Gasteiger partial charge on any atom is -0.383 e. The van der Waals surface area contributed by atoms with E-state index in [4.69, 9.17) is 10.7 Å². The summed E-state index contributed by atoms with van der Waals surface area (Å²) in [6, 6.07) is 6.19. The SMILES string of the molecule is Cc1cc(-c2nc(C(C)(C)C)n(C)c2N)ccc1Br. The van der Waals surface area contributed by atoms with Crippen LogP contribution in [0.1, 0.15) is 32.2 Å². The summed E-state index contributed by atoms with van der Waals surface area (Å²) >= 11 is 3.51. The predicted molar refractivity (Wildman–Crippen MR) is 84.2 cm³/mol. The van der Waals surface area contributed by atoms with Gasteiger partial charge in [0.15, 0.2) is 0 Å².